The van der Waals surface area contributed by atoms with Gasteiger partial charge >= 0.3 is 5.97 Å². The van der Waals surface area contributed by atoms with Gasteiger partial charge in [0.05, 0.1) is 0 Å². The topological polar surface area (TPSA) is 60.9 Å². The Hall–Kier alpha value is -2.04. The molecular formula is C14H18N2O3. The first kappa shape index (κ1) is 13.4. The third-order valence-electron chi connectivity index (χ3n) is 3.43. The SMILES string of the molecule is CN(C)c1ccc(C(=O)N2CCC[C@@H]2C(=O)O)cc1. The van der Waals surface area contributed by atoms with E-state index in [1.807, 2.05) is 31.1 Å². The second kappa shape index (κ2) is 5.30. The molecular weight excluding hydrogens is 244 g/mol. The van der Waals surface area contributed by atoms with Crippen molar-refractivity contribution in [1.29, 1.82) is 0 Å². The van der Waals surface area contributed by atoms with Crippen molar-refractivity contribution in [3.05, 3.63) is 29.8 Å². The molecule has 1 saturated heterocycles. The van der Waals surface area contributed by atoms with Crippen molar-refractivity contribution in [3.8, 4) is 0 Å². The van der Waals surface area contributed by atoms with Crippen molar-refractivity contribution >= 4 is 17.6 Å². The maximum absolute atomic E-state index is 12.3. The fourth-order valence-electron chi connectivity index (χ4n) is 2.33. The highest BCUT2D eigenvalue weighted by Gasteiger charge is 2.34. The Morgan fingerprint density at radius 2 is 1.89 bits per heavy atom. The summed E-state index contributed by atoms with van der Waals surface area (Å²) >= 11 is 0. The van der Waals surface area contributed by atoms with Crippen LogP contribution in [-0.4, -0.2) is 48.6 Å². The minimum absolute atomic E-state index is 0.199. The molecule has 0 aromatic heterocycles. The lowest BCUT2D eigenvalue weighted by atomic mass is 10.1. The highest BCUT2D eigenvalue weighted by Crippen LogP contribution is 2.21. The Bertz CT molecular complexity index is 482. The minimum atomic E-state index is -0.921. The first-order valence-electron chi connectivity index (χ1n) is 6.32. The zero-order valence-electron chi connectivity index (χ0n) is 11.2. The number of carboxylic acids is 1. The first-order valence-corrected chi connectivity index (χ1v) is 6.32. The molecule has 0 aliphatic carbocycles. The van der Waals surface area contributed by atoms with Crippen molar-refractivity contribution in [2.75, 3.05) is 25.5 Å². The van der Waals surface area contributed by atoms with Crippen LogP contribution in [0.3, 0.4) is 0 Å². The van der Waals surface area contributed by atoms with Gasteiger partial charge in [-0.3, -0.25) is 4.79 Å². The molecule has 1 N–H and O–H groups in total. The van der Waals surface area contributed by atoms with Crippen LogP contribution in [0.5, 0.6) is 0 Å². The summed E-state index contributed by atoms with van der Waals surface area (Å²) in [6, 6.07) is 6.53. The third kappa shape index (κ3) is 2.70. The number of rotatable bonds is 3. The van der Waals surface area contributed by atoms with Crippen LogP contribution in [0.25, 0.3) is 0 Å². The lowest BCUT2D eigenvalue weighted by Crippen LogP contribution is -2.40. The molecule has 19 heavy (non-hydrogen) atoms. The molecule has 102 valence electrons. The third-order valence-corrected chi connectivity index (χ3v) is 3.43. The highest BCUT2D eigenvalue weighted by molar-refractivity contribution is 5.97. The molecule has 1 fully saturated rings. The lowest BCUT2D eigenvalue weighted by molar-refractivity contribution is -0.141. The summed E-state index contributed by atoms with van der Waals surface area (Å²) in [5.74, 6) is -1.12. The molecule has 0 unspecified atom stereocenters. The maximum Gasteiger partial charge on any atom is 0.326 e. The molecule has 0 spiro atoms. The van der Waals surface area contributed by atoms with Crippen LogP contribution in [0.15, 0.2) is 24.3 Å². The number of hydrogen-bond donors (Lipinski definition) is 1. The molecule has 1 aromatic carbocycles. The van der Waals surface area contributed by atoms with Crippen LogP contribution in [-0.2, 0) is 4.79 Å². The standard InChI is InChI=1S/C14H18N2O3/c1-15(2)11-7-5-10(6-8-11)13(17)16-9-3-4-12(16)14(18)19/h5-8,12H,3-4,9H2,1-2H3,(H,18,19)/t12-/m1/s1. The van der Waals surface area contributed by atoms with E-state index in [0.717, 1.165) is 12.1 Å². The van der Waals surface area contributed by atoms with Crippen molar-refractivity contribution < 1.29 is 14.7 Å². The van der Waals surface area contributed by atoms with Gasteiger partial charge in [-0.15, -0.1) is 0 Å². The predicted octanol–water partition coefficient (Wildman–Crippen LogP) is 1.44. The fraction of sp³-hybridized carbons (Fsp3) is 0.429. The van der Waals surface area contributed by atoms with Crippen molar-refractivity contribution in [3.63, 3.8) is 0 Å². The van der Waals surface area contributed by atoms with Crippen LogP contribution in [0, 0.1) is 0 Å². The number of likely N-dealkylation sites (tertiary alicyclic amines) is 1. The molecule has 0 bridgehead atoms. The molecule has 1 heterocycles. The van der Waals surface area contributed by atoms with E-state index in [0.29, 0.717) is 18.5 Å². The van der Waals surface area contributed by atoms with E-state index in [-0.39, 0.29) is 5.91 Å². The Balaban J connectivity index is 2.17. The van der Waals surface area contributed by atoms with E-state index in [9.17, 15) is 9.59 Å². The van der Waals surface area contributed by atoms with Gasteiger partial charge in [0.1, 0.15) is 6.04 Å². The van der Waals surface area contributed by atoms with Crippen LogP contribution < -0.4 is 4.90 Å². The van der Waals surface area contributed by atoms with Crippen molar-refractivity contribution in [2.45, 2.75) is 18.9 Å². The molecule has 5 heteroatoms. The van der Waals surface area contributed by atoms with Gasteiger partial charge in [-0.1, -0.05) is 0 Å². The molecule has 0 saturated carbocycles. The fourth-order valence-corrected chi connectivity index (χ4v) is 2.33. The normalized spacial score (nSPS) is 18.4. The summed E-state index contributed by atoms with van der Waals surface area (Å²) in [4.78, 5) is 26.8. The van der Waals surface area contributed by atoms with E-state index >= 15 is 0 Å². The summed E-state index contributed by atoms with van der Waals surface area (Å²) in [7, 11) is 3.86. The van der Waals surface area contributed by atoms with Crippen molar-refractivity contribution in [1.82, 2.24) is 4.90 Å². The van der Waals surface area contributed by atoms with E-state index in [2.05, 4.69) is 0 Å². The highest BCUT2D eigenvalue weighted by atomic mass is 16.4. The van der Waals surface area contributed by atoms with Gasteiger partial charge in [0.25, 0.3) is 5.91 Å². The molecule has 0 radical (unpaired) electrons. The number of carbonyl (C=O) groups excluding carboxylic acids is 1. The predicted molar refractivity (Wildman–Crippen MR) is 72.5 cm³/mol. The monoisotopic (exact) mass is 262 g/mol. The molecule has 2 rings (SSSR count). The number of benzene rings is 1. The van der Waals surface area contributed by atoms with Crippen LogP contribution in [0.4, 0.5) is 5.69 Å². The number of carboxylic acid groups (broad SMARTS) is 1. The van der Waals surface area contributed by atoms with Gasteiger partial charge in [0, 0.05) is 31.9 Å². The minimum Gasteiger partial charge on any atom is -0.480 e. The quantitative estimate of drug-likeness (QED) is 0.895. The molecule has 1 atom stereocenters. The van der Waals surface area contributed by atoms with E-state index < -0.39 is 12.0 Å². The summed E-state index contributed by atoms with van der Waals surface area (Å²) in [5, 5.41) is 9.10. The Kier molecular flexibility index (Phi) is 3.74. The van der Waals surface area contributed by atoms with E-state index in [1.165, 1.54) is 4.90 Å². The van der Waals surface area contributed by atoms with Gasteiger partial charge in [-0.05, 0) is 37.1 Å². The zero-order chi connectivity index (χ0) is 14.0. The second-order valence-electron chi connectivity index (χ2n) is 4.94. The van der Waals surface area contributed by atoms with Gasteiger partial charge < -0.3 is 14.9 Å². The molecule has 1 amide bonds. The Labute approximate surface area is 112 Å². The molecule has 1 aromatic rings. The van der Waals surface area contributed by atoms with Crippen LogP contribution in [0.2, 0.25) is 0 Å². The van der Waals surface area contributed by atoms with Crippen molar-refractivity contribution in [2.24, 2.45) is 0 Å². The lowest BCUT2D eigenvalue weighted by Gasteiger charge is -2.21. The summed E-state index contributed by atoms with van der Waals surface area (Å²) in [5.41, 5.74) is 1.55. The average molecular weight is 262 g/mol. The molecule has 5 nitrogen and oxygen atoms in total. The smallest absolute Gasteiger partial charge is 0.326 e. The van der Waals surface area contributed by atoms with E-state index in [1.54, 1.807) is 12.1 Å². The number of hydrogen-bond acceptors (Lipinski definition) is 3. The number of amides is 1. The number of aliphatic carboxylic acids is 1. The van der Waals surface area contributed by atoms with Gasteiger partial charge in [-0.2, -0.15) is 0 Å². The first-order chi connectivity index (χ1) is 9.00. The van der Waals surface area contributed by atoms with Gasteiger partial charge in [-0.25, -0.2) is 4.79 Å². The largest absolute Gasteiger partial charge is 0.480 e. The van der Waals surface area contributed by atoms with Crippen LogP contribution in [0.1, 0.15) is 23.2 Å². The number of nitrogens with zero attached hydrogens (tertiary/aromatic N) is 2. The Morgan fingerprint density at radius 3 is 2.42 bits per heavy atom. The zero-order valence-corrected chi connectivity index (χ0v) is 11.2. The van der Waals surface area contributed by atoms with Gasteiger partial charge in [0.2, 0.25) is 0 Å². The summed E-state index contributed by atoms with van der Waals surface area (Å²) in [6.45, 7) is 0.519. The number of carbonyl (C=O) groups is 2. The summed E-state index contributed by atoms with van der Waals surface area (Å²) < 4.78 is 0. The average Bonchev–Trinajstić information content (AvgIpc) is 2.87. The number of anilines is 1. The molecule has 1 aliphatic heterocycles. The second-order valence-corrected chi connectivity index (χ2v) is 4.94. The van der Waals surface area contributed by atoms with Crippen LogP contribution >= 0.6 is 0 Å². The summed E-state index contributed by atoms with van der Waals surface area (Å²) in [6.07, 6.45) is 1.29. The maximum atomic E-state index is 12.3. The van der Waals surface area contributed by atoms with E-state index in [4.69, 9.17) is 5.11 Å². The van der Waals surface area contributed by atoms with Gasteiger partial charge in [0.15, 0.2) is 0 Å². The Morgan fingerprint density at radius 1 is 1.26 bits per heavy atom. The molecule has 1 aliphatic rings.